The van der Waals surface area contributed by atoms with Crippen LogP contribution in [0.4, 0.5) is 0 Å². The van der Waals surface area contributed by atoms with Crippen molar-refractivity contribution in [3.63, 3.8) is 0 Å². The van der Waals surface area contributed by atoms with Gasteiger partial charge in [-0.05, 0) is 49.7 Å². The van der Waals surface area contributed by atoms with Gasteiger partial charge in [0.15, 0.2) is 0 Å². The van der Waals surface area contributed by atoms with Crippen molar-refractivity contribution in [2.45, 2.75) is 77.5 Å². The van der Waals surface area contributed by atoms with Gasteiger partial charge in [0, 0.05) is 0 Å². The molecule has 1 rings (SSSR count). The summed E-state index contributed by atoms with van der Waals surface area (Å²) in [6.07, 6.45) is 4.58. The van der Waals surface area contributed by atoms with Gasteiger partial charge >= 0.3 is 5.97 Å². The molecule has 1 fully saturated rings. The summed E-state index contributed by atoms with van der Waals surface area (Å²) in [7, 11) is 0. The Hall–Kier alpha value is -1.81. The fraction of sp³-hybridized carbons (Fsp3) is 0.810. The molecule has 0 saturated carbocycles. The molecule has 5 atom stereocenters. The standard InChI is InChI=1S/C21H38N4O5S/c1-6-13(4)17(21(29)30)25-20(28)16(12(2)3)24-19(27)15(9-11-31-5)23-18(26)14-8-7-10-22-14/h12-17,22H,6-11H2,1-5H3,(H,23,26)(H,24,27)(H,25,28)(H,29,30). The number of carbonyl (C=O) groups is 4. The topological polar surface area (TPSA) is 137 Å². The van der Waals surface area contributed by atoms with Crippen LogP contribution in [-0.2, 0) is 19.2 Å². The molecule has 0 aromatic rings. The van der Waals surface area contributed by atoms with E-state index in [9.17, 15) is 24.3 Å². The highest BCUT2D eigenvalue weighted by atomic mass is 32.2. The van der Waals surface area contributed by atoms with Crippen LogP contribution in [0, 0.1) is 11.8 Å². The quantitative estimate of drug-likeness (QED) is 0.274. The maximum absolute atomic E-state index is 13.0. The zero-order valence-electron chi connectivity index (χ0n) is 19.2. The summed E-state index contributed by atoms with van der Waals surface area (Å²) in [6.45, 7) is 7.94. The Kier molecular flexibility index (Phi) is 11.9. The van der Waals surface area contributed by atoms with E-state index in [1.165, 1.54) is 0 Å². The molecule has 0 aromatic heterocycles. The second kappa shape index (κ2) is 13.6. The van der Waals surface area contributed by atoms with Crippen molar-refractivity contribution in [1.29, 1.82) is 0 Å². The molecule has 31 heavy (non-hydrogen) atoms. The molecular formula is C21H38N4O5S. The summed E-state index contributed by atoms with van der Waals surface area (Å²) < 4.78 is 0. The molecule has 1 aliphatic rings. The summed E-state index contributed by atoms with van der Waals surface area (Å²) in [4.78, 5) is 49.9. The van der Waals surface area contributed by atoms with Crippen molar-refractivity contribution in [3.8, 4) is 0 Å². The van der Waals surface area contributed by atoms with Crippen molar-refractivity contribution >= 4 is 35.5 Å². The molecular weight excluding hydrogens is 420 g/mol. The van der Waals surface area contributed by atoms with Crippen LogP contribution in [0.25, 0.3) is 0 Å². The molecule has 0 radical (unpaired) electrons. The van der Waals surface area contributed by atoms with Crippen LogP contribution < -0.4 is 21.3 Å². The summed E-state index contributed by atoms with van der Waals surface area (Å²) in [5.41, 5.74) is 0. The predicted molar refractivity (Wildman–Crippen MR) is 122 cm³/mol. The largest absolute Gasteiger partial charge is 0.480 e. The van der Waals surface area contributed by atoms with E-state index in [0.717, 1.165) is 19.4 Å². The van der Waals surface area contributed by atoms with Gasteiger partial charge in [-0.3, -0.25) is 14.4 Å². The van der Waals surface area contributed by atoms with Gasteiger partial charge < -0.3 is 26.4 Å². The Morgan fingerprint density at radius 3 is 2.19 bits per heavy atom. The van der Waals surface area contributed by atoms with Gasteiger partial charge in [-0.25, -0.2) is 4.79 Å². The number of rotatable bonds is 13. The highest BCUT2D eigenvalue weighted by Gasteiger charge is 2.33. The van der Waals surface area contributed by atoms with Gasteiger partial charge in [-0.15, -0.1) is 0 Å². The Balaban J connectivity index is 2.87. The average molecular weight is 459 g/mol. The first-order valence-electron chi connectivity index (χ1n) is 11.0. The van der Waals surface area contributed by atoms with Crippen molar-refractivity contribution in [1.82, 2.24) is 21.3 Å². The SMILES string of the molecule is CCC(C)C(NC(=O)C(NC(=O)C(CCSC)NC(=O)C1CCCN1)C(C)C)C(=O)O. The van der Waals surface area contributed by atoms with Crippen molar-refractivity contribution in [3.05, 3.63) is 0 Å². The average Bonchev–Trinajstić information content (AvgIpc) is 3.26. The molecule has 1 aliphatic heterocycles. The van der Waals surface area contributed by atoms with Crippen molar-refractivity contribution < 1.29 is 24.3 Å². The van der Waals surface area contributed by atoms with E-state index >= 15 is 0 Å². The number of hydrogen-bond donors (Lipinski definition) is 5. The van der Waals surface area contributed by atoms with Crippen molar-refractivity contribution in [2.75, 3.05) is 18.6 Å². The fourth-order valence-corrected chi connectivity index (χ4v) is 3.87. The third kappa shape index (κ3) is 8.68. The Morgan fingerprint density at radius 2 is 1.71 bits per heavy atom. The fourth-order valence-electron chi connectivity index (χ4n) is 3.40. The monoisotopic (exact) mass is 458 g/mol. The zero-order valence-corrected chi connectivity index (χ0v) is 20.0. The van der Waals surface area contributed by atoms with Gasteiger partial charge in [-0.1, -0.05) is 34.1 Å². The first kappa shape index (κ1) is 27.2. The minimum Gasteiger partial charge on any atom is -0.480 e. The molecule has 178 valence electrons. The molecule has 3 amide bonds. The van der Waals surface area contributed by atoms with Gasteiger partial charge in [0.25, 0.3) is 0 Å². The maximum atomic E-state index is 13.0. The normalized spacial score (nSPS) is 19.9. The molecule has 9 nitrogen and oxygen atoms in total. The molecule has 0 aromatic carbocycles. The summed E-state index contributed by atoms with van der Waals surface area (Å²) in [5, 5.41) is 20.7. The van der Waals surface area contributed by atoms with Crippen LogP contribution in [0.3, 0.4) is 0 Å². The third-order valence-electron chi connectivity index (χ3n) is 5.64. The summed E-state index contributed by atoms with van der Waals surface area (Å²) >= 11 is 1.56. The molecule has 0 bridgehead atoms. The van der Waals surface area contributed by atoms with E-state index < -0.39 is 35.9 Å². The molecule has 0 aliphatic carbocycles. The van der Waals surface area contributed by atoms with Crippen LogP contribution in [0.2, 0.25) is 0 Å². The van der Waals surface area contributed by atoms with Gasteiger partial charge in [0.1, 0.15) is 18.1 Å². The van der Waals surface area contributed by atoms with Crippen LogP contribution in [-0.4, -0.2) is 71.5 Å². The predicted octanol–water partition coefficient (Wildman–Crippen LogP) is 0.733. The van der Waals surface area contributed by atoms with E-state index in [4.69, 9.17) is 0 Å². The van der Waals surface area contributed by atoms with E-state index in [0.29, 0.717) is 18.6 Å². The van der Waals surface area contributed by atoms with Crippen molar-refractivity contribution in [2.24, 2.45) is 11.8 Å². The lowest BCUT2D eigenvalue weighted by Gasteiger charge is -2.28. The number of carbonyl (C=O) groups excluding carboxylic acids is 3. The minimum absolute atomic E-state index is 0.216. The van der Waals surface area contributed by atoms with Crippen LogP contribution in [0.15, 0.2) is 0 Å². The highest BCUT2D eigenvalue weighted by molar-refractivity contribution is 7.98. The molecule has 5 unspecified atom stereocenters. The first-order chi connectivity index (χ1) is 14.6. The van der Waals surface area contributed by atoms with E-state index in [1.807, 2.05) is 13.2 Å². The minimum atomic E-state index is -1.11. The second-order valence-electron chi connectivity index (χ2n) is 8.43. The van der Waals surface area contributed by atoms with Gasteiger partial charge in [0.2, 0.25) is 17.7 Å². The zero-order chi connectivity index (χ0) is 23.6. The van der Waals surface area contributed by atoms with Crippen LogP contribution in [0.1, 0.15) is 53.4 Å². The third-order valence-corrected chi connectivity index (χ3v) is 6.29. The Labute approximate surface area is 189 Å². The maximum Gasteiger partial charge on any atom is 0.326 e. The number of aliphatic carboxylic acids is 1. The van der Waals surface area contributed by atoms with Crippen LogP contribution >= 0.6 is 11.8 Å². The summed E-state index contributed by atoms with van der Waals surface area (Å²) in [5.74, 6) is -2.14. The Morgan fingerprint density at radius 1 is 1.06 bits per heavy atom. The number of hydrogen-bond acceptors (Lipinski definition) is 6. The summed E-state index contributed by atoms with van der Waals surface area (Å²) in [6, 6.07) is -3.00. The lowest BCUT2D eigenvalue weighted by Crippen LogP contribution is -2.59. The first-order valence-corrected chi connectivity index (χ1v) is 12.4. The smallest absolute Gasteiger partial charge is 0.326 e. The van der Waals surface area contributed by atoms with Gasteiger partial charge in [0.05, 0.1) is 6.04 Å². The molecule has 0 spiro atoms. The number of carboxylic acid groups (broad SMARTS) is 1. The number of nitrogens with one attached hydrogen (secondary N) is 4. The molecule has 1 saturated heterocycles. The van der Waals surface area contributed by atoms with Crippen LogP contribution in [0.5, 0.6) is 0 Å². The van der Waals surface area contributed by atoms with Gasteiger partial charge in [-0.2, -0.15) is 11.8 Å². The number of thioether (sulfide) groups is 1. The Bertz CT molecular complexity index is 625. The van der Waals surface area contributed by atoms with E-state index in [-0.39, 0.29) is 23.8 Å². The lowest BCUT2D eigenvalue weighted by molar-refractivity contribution is -0.144. The lowest BCUT2D eigenvalue weighted by atomic mass is 9.97. The molecule has 10 heteroatoms. The molecule has 5 N–H and O–H groups in total. The molecule has 1 heterocycles. The van der Waals surface area contributed by atoms with E-state index in [2.05, 4.69) is 21.3 Å². The highest BCUT2D eigenvalue weighted by Crippen LogP contribution is 2.11. The second-order valence-corrected chi connectivity index (χ2v) is 9.42. The van der Waals surface area contributed by atoms with E-state index in [1.54, 1.807) is 32.5 Å². The number of carboxylic acids is 1. The number of amides is 3.